The van der Waals surface area contributed by atoms with Gasteiger partial charge in [-0.05, 0) is 43.2 Å². The van der Waals surface area contributed by atoms with Gasteiger partial charge in [-0.25, -0.2) is 0 Å². The molecule has 0 saturated carbocycles. The summed E-state index contributed by atoms with van der Waals surface area (Å²) in [5, 5.41) is 16.3. The van der Waals surface area contributed by atoms with Gasteiger partial charge in [-0.2, -0.15) is 0 Å². The first-order chi connectivity index (χ1) is 21.5. The molecular formula is C40H50O3Si2. The Hall–Kier alpha value is -3.07. The number of aliphatic hydroxyl groups excluding tert-OH is 1. The van der Waals surface area contributed by atoms with E-state index in [0.29, 0.717) is 13.2 Å². The van der Waals surface area contributed by atoms with E-state index in [4.69, 9.17) is 8.85 Å². The summed E-state index contributed by atoms with van der Waals surface area (Å²) in [5.41, 5.74) is 0. The van der Waals surface area contributed by atoms with Crippen LogP contribution in [-0.4, -0.2) is 41.1 Å². The zero-order valence-corrected chi connectivity index (χ0v) is 29.8. The van der Waals surface area contributed by atoms with Crippen LogP contribution < -0.4 is 20.7 Å². The van der Waals surface area contributed by atoms with Gasteiger partial charge in [-0.3, -0.25) is 0 Å². The summed E-state index contributed by atoms with van der Waals surface area (Å²) in [6, 6.07) is 43.2. The van der Waals surface area contributed by atoms with Crippen molar-refractivity contribution in [2.45, 2.75) is 64.1 Å². The molecule has 45 heavy (non-hydrogen) atoms. The second-order valence-electron chi connectivity index (χ2n) is 14.5. The van der Waals surface area contributed by atoms with Crippen molar-refractivity contribution in [2.24, 2.45) is 11.8 Å². The summed E-state index contributed by atoms with van der Waals surface area (Å²) in [7, 11) is -5.47. The molecule has 5 heteroatoms. The first-order valence-electron chi connectivity index (χ1n) is 16.4. The van der Waals surface area contributed by atoms with Gasteiger partial charge < -0.3 is 14.0 Å². The molecule has 0 fully saturated rings. The van der Waals surface area contributed by atoms with Crippen molar-refractivity contribution in [3.63, 3.8) is 0 Å². The van der Waals surface area contributed by atoms with Crippen LogP contribution >= 0.6 is 0 Å². The Labute approximate surface area is 273 Å². The van der Waals surface area contributed by atoms with Gasteiger partial charge in [0.25, 0.3) is 16.6 Å². The van der Waals surface area contributed by atoms with Crippen molar-refractivity contribution in [3.05, 3.63) is 133 Å². The molecule has 4 aromatic carbocycles. The van der Waals surface area contributed by atoms with Crippen LogP contribution in [0.25, 0.3) is 0 Å². The molecule has 5 rings (SSSR count). The van der Waals surface area contributed by atoms with Crippen LogP contribution in [0.5, 0.6) is 0 Å². The lowest BCUT2D eigenvalue weighted by molar-refractivity contribution is 0.0397. The fourth-order valence-corrected chi connectivity index (χ4v) is 16.6. The first-order valence-corrected chi connectivity index (χ1v) is 20.2. The van der Waals surface area contributed by atoms with Gasteiger partial charge in [-0.1, -0.05) is 175 Å². The Morgan fingerprint density at radius 3 is 1.22 bits per heavy atom. The second-order valence-corrected chi connectivity index (χ2v) is 23.1. The molecule has 0 bridgehead atoms. The maximum atomic E-state index is 11.5. The van der Waals surface area contributed by atoms with Crippen molar-refractivity contribution in [1.82, 2.24) is 0 Å². The predicted octanol–water partition coefficient (Wildman–Crippen LogP) is 6.69. The van der Waals surface area contributed by atoms with Crippen molar-refractivity contribution in [1.29, 1.82) is 0 Å². The molecule has 236 valence electrons. The number of aliphatic hydroxyl groups is 1. The van der Waals surface area contributed by atoms with E-state index in [-0.39, 0.29) is 21.9 Å². The maximum Gasteiger partial charge on any atom is 0.261 e. The number of benzene rings is 4. The van der Waals surface area contributed by atoms with Crippen molar-refractivity contribution >= 4 is 37.4 Å². The fraction of sp³-hybridized carbons (Fsp3) is 0.350. The highest BCUT2D eigenvalue weighted by atomic mass is 28.4. The molecule has 0 radical (unpaired) electrons. The first kappa shape index (κ1) is 33.3. The second kappa shape index (κ2) is 13.7. The molecule has 1 aliphatic carbocycles. The molecular weight excluding hydrogens is 585 g/mol. The molecule has 0 spiro atoms. The molecule has 0 amide bonds. The monoisotopic (exact) mass is 634 g/mol. The Balaban J connectivity index is 1.51. The highest BCUT2D eigenvalue weighted by Crippen LogP contribution is 2.40. The largest absolute Gasteiger partial charge is 0.407 e. The van der Waals surface area contributed by atoms with E-state index in [1.165, 1.54) is 20.7 Å². The summed E-state index contributed by atoms with van der Waals surface area (Å²) in [4.78, 5) is 0. The molecule has 0 aromatic heterocycles. The molecule has 0 aliphatic heterocycles. The number of allylic oxidation sites excluding steroid dienone is 1. The molecule has 0 saturated heterocycles. The molecule has 3 nitrogen and oxygen atoms in total. The number of hydrogen-bond donors (Lipinski definition) is 1. The van der Waals surface area contributed by atoms with Gasteiger partial charge in [0, 0.05) is 19.1 Å². The Morgan fingerprint density at radius 2 is 0.889 bits per heavy atom. The van der Waals surface area contributed by atoms with E-state index in [1.807, 2.05) is 6.08 Å². The van der Waals surface area contributed by atoms with Crippen LogP contribution in [0.1, 0.15) is 48.0 Å². The Morgan fingerprint density at radius 1 is 0.556 bits per heavy atom. The van der Waals surface area contributed by atoms with Gasteiger partial charge in [0.2, 0.25) is 0 Å². The molecule has 1 N–H and O–H groups in total. The molecule has 1 aliphatic rings. The van der Waals surface area contributed by atoms with Crippen LogP contribution in [0.2, 0.25) is 10.1 Å². The Bertz CT molecular complexity index is 1430. The zero-order chi connectivity index (χ0) is 32.1. The summed E-state index contributed by atoms with van der Waals surface area (Å²) < 4.78 is 14.8. The van der Waals surface area contributed by atoms with Crippen LogP contribution in [0, 0.1) is 11.8 Å². The molecule has 1 unspecified atom stereocenters. The SMILES string of the molecule is CC(C)(C)[Si](OC[C@@H]1CC=CC(O)[C@H]1CO[Si](c1ccccc1)(c1ccccc1)C(C)(C)C)(c1ccccc1)c1ccccc1. The van der Waals surface area contributed by atoms with E-state index in [9.17, 15) is 5.11 Å². The lowest BCUT2D eigenvalue weighted by Gasteiger charge is -2.46. The van der Waals surface area contributed by atoms with Gasteiger partial charge in [-0.15, -0.1) is 0 Å². The average molecular weight is 635 g/mol. The third kappa shape index (κ3) is 6.60. The molecule has 0 heterocycles. The van der Waals surface area contributed by atoms with Gasteiger partial charge in [0.15, 0.2) is 0 Å². The predicted molar refractivity (Wildman–Crippen MR) is 194 cm³/mol. The van der Waals surface area contributed by atoms with Gasteiger partial charge >= 0.3 is 0 Å². The van der Waals surface area contributed by atoms with E-state index < -0.39 is 22.7 Å². The van der Waals surface area contributed by atoms with Gasteiger partial charge in [0.05, 0.1) is 6.10 Å². The summed E-state index contributed by atoms with van der Waals surface area (Å²) in [5.74, 6) is 0.0275. The van der Waals surface area contributed by atoms with Crippen LogP contribution in [-0.2, 0) is 8.85 Å². The Kier molecular flexibility index (Phi) is 10.2. The average Bonchev–Trinajstić information content (AvgIpc) is 3.03. The lowest BCUT2D eigenvalue weighted by Crippen LogP contribution is -2.67. The van der Waals surface area contributed by atoms with Crippen molar-refractivity contribution in [2.75, 3.05) is 13.2 Å². The van der Waals surface area contributed by atoms with E-state index in [1.54, 1.807) is 0 Å². The number of rotatable bonds is 10. The standard InChI is InChI=1S/C40H50O3Si2/c1-39(2,3)44(33-21-11-7-12-22-33,34-23-13-8-14-24-34)42-30-32-20-19-29-38(41)37(32)31-43-45(40(4,5)6,35-25-15-9-16-26-35)36-27-17-10-18-28-36/h7-19,21-29,32,37-38,41H,20,30-31H2,1-6H3/t32-,37-,38?/m0/s1. The fourth-order valence-electron chi connectivity index (χ4n) is 7.39. The molecule has 3 atom stereocenters. The van der Waals surface area contributed by atoms with Gasteiger partial charge in [0.1, 0.15) is 0 Å². The third-order valence-electron chi connectivity index (χ3n) is 9.66. The quantitative estimate of drug-likeness (QED) is 0.156. The molecule has 4 aromatic rings. The summed E-state index contributed by atoms with van der Waals surface area (Å²) in [6.07, 6.45) is 4.34. The highest BCUT2D eigenvalue weighted by Gasteiger charge is 2.52. The number of hydrogen-bond acceptors (Lipinski definition) is 3. The van der Waals surface area contributed by atoms with Crippen molar-refractivity contribution < 1.29 is 14.0 Å². The minimum Gasteiger partial charge on any atom is -0.407 e. The van der Waals surface area contributed by atoms with Crippen LogP contribution in [0.15, 0.2) is 133 Å². The summed E-state index contributed by atoms with van der Waals surface area (Å²) in [6.45, 7) is 14.9. The van der Waals surface area contributed by atoms with E-state index >= 15 is 0 Å². The minimum absolute atomic E-state index is 0.0881. The van der Waals surface area contributed by atoms with Crippen LogP contribution in [0.3, 0.4) is 0 Å². The third-order valence-corrected chi connectivity index (χ3v) is 19.7. The summed E-state index contributed by atoms with van der Waals surface area (Å²) >= 11 is 0. The minimum atomic E-state index is -2.75. The zero-order valence-electron chi connectivity index (χ0n) is 27.8. The van der Waals surface area contributed by atoms with E-state index in [2.05, 4.69) is 169 Å². The topological polar surface area (TPSA) is 38.7 Å². The van der Waals surface area contributed by atoms with Crippen molar-refractivity contribution in [3.8, 4) is 0 Å². The maximum absolute atomic E-state index is 11.5. The highest BCUT2D eigenvalue weighted by molar-refractivity contribution is 7.00. The van der Waals surface area contributed by atoms with E-state index in [0.717, 1.165) is 6.42 Å². The lowest BCUT2D eigenvalue weighted by atomic mass is 9.82. The van der Waals surface area contributed by atoms with Crippen LogP contribution in [0.4, 0.5) is 0 Å². The normalized spacial score (nSPS) is 19.4. The smallest absolute Gasteiger partial charge is 0.261 e.